The zero-order valence-corrected chi connectivity index (χ0v) is 13.3. The summed E-state index contributed by atoms with van der Waals surface area (Å²) < 4.78 is 17.4. The number of fused-ring (bicyclic) bond motifs is 1. The van der Waals surface area contributed by atoms with Crippen LogP contribution in [0.15, 0.2) is 54.6 Å². The Labute approximate surface area is 136 Å². The molecule has 2 aromatic rings. The number of esters is 1. The van der Waals surface area contributed by atoms with Crippen molar-refractivity contribution >= 4 is 5.97 Å². The van der Waals surface area contributed by atoms with E-state index in [1.165, 1.54) is 0 Å². The van der Waals surface area contributed by atoms with Crippen LogP contribution in [0.1, 0.15) is 31.9 Å². The van der Waals surface area contributed by atoms with Crippen LogP contribution in [0, 0.1) is 0 Å². The minimum Gasteiger partial charge on any atom is -0.487 e. The third-order valence-electron chi connectivity index (χ3n) is 3.72. The van der Waals surface area contributed by atoms with Crippen LogP contribution in [0.3, 0.4) is 0 Å². The molecular weight excluding hydrogens is 292 g/mol. The van der Waals surface area contributed by atoms with Gasteiger partial charge in [0.1, 0.15) is 6.10 Å². The average Bonchev–Trinajstić information content (AvgIpc) is 2.53. The maximum atomic E-state index is 12.6. The van der Waals surface area contributed by atoms with Crippen LogP contribution in [-0.2, 0) is 9.53 Å². The Morgan fingerprint density at radius 3 is 2.04 bits per heavy atom. The molecule has 2 aromatic carbocycles. The van der Waals surface area contributed by atoms with E-state index >= 15 is 0 Å². The quantitative estimate of drug-likeness (QED) is 0.749. The van der Waals surface area contributed by atoms with Gasteiger partial charge in [-0.2, -0.15) is 0 Å². The van der Waals surface area contributed by atoms with Crippen molar-refractivity contribution in [3.8, 4) is 11.5 Å². The van der Waals surface area contributed by atoms with E-state index in [4.69, 9.17) is 14.2 Å². The molecule has 0 saturated heterocycles. The normalized spacial score (nSPS) is 24.6. The minimum absolute atomic E-state index is 0.0733. The van der Waals surface area contributed by atoms with Crippen LogP contribution < -0.4 is 9.47 Å². The molecule has 0 bridgehead atoms. The lowest BCUT2D eigenvalue weighted by Gasteiger charge is -2.27. The van der Waals surface area contributed by atoms with Gasteiger partial charge in [-0.3, -0.25) is 0 Å². The summed E-state index contributed by atoms with van der Waals surface area (Å²) in [6.07, 6.45) is -0.494. The molecule has 3 atom stereocenters. The van der Waals surface area contributed by atoms with Crippen LogP contribution in [0.4, 0.5) is 0 Å². The summed E-state index contributed by atoms with van der Waals surface area (Å²) in [5.41, 5.74) is 0.758. The third-order valence-corrected chi connectivity index (χ3v) is 3.72. The van der Waals surface area contributed by atoms with Crippen molar-refractivity contribution in [1.82, 2.24) is 0 Å². The number of rotatable bonds is 1. The second-order valence-electron chi connectivity index (χ2n) is 5.77. The SMILES string of the molecule is C[C@@H]1C[C@H](C)Oc2ccccc2OC(c2ccccc2)C(=O)O1. The number of para-hydroxylation sites is 2. The van der Waals surface area contributed by atoms with Crippen molar-refractivity contribution < 1.29 is 19.0 Å². The van der Waals surface area contributed by atoms with Crippen molar-refractivity contribution in [2.45, 2.75) is 38.6 Å². The Kier molecular flexibility index (Phi) is 4.51. The molecule has 0 fully saturated rings. The van der Waals surface area contributed by atoms with Gasteiger partial charge in [-0.1, -0.05) is 42.5 Å². The summed E-state index contributed by atoms with van der Waals surface area (Å²) in [5, 5.41) is 0. The summed E-state index contributed by atoms with van der Waals surface area (Å²) in [7, 11) is 0. The highest BCUT2D eigenvalue weighted by molar-refractivity contribution is 5.77. The first-order valence-corrected chi connectivity index (χ1v) is 7.81. The lowest BCUT2D eigenvalue weighted by Crippen LogP contribution is -2.30. The molecular formula is C19H20O4. The summed E-state index contributed by atoms with van der Waals surface area (Å²) >= 11 is 0. The summed E-state index contributed by atoms with van der Waals surface area (Å²) in [6.45, 7) is 3.82. The Morgan fingerprint density at radius 2 is 1.35 bits per heavy atom. The number of ether oxygens (including phenoxy) is 3. The molecule has 0 saturated carbocycles. The van der Waals surface area contributed by atoms with Gasteiger partial charge in [0.15, 0.2) is 11.5 Å². The van der Waals surface area contributed by atoms with Crippen molar-refractivity contribution in [1.29, 1.82) is 0 Å². The zero-order valence-electron chi connectivity index (χ0n) is 13.3. The van der Waals surface area contributed by atoms with Gasteiger partial charge < -0.3 is 14.2 Å². The maximum absolute atomic E-state index is 12.6. The smallest absolute Gasteiger partial charge is 0.352 e. The second kappa shape index (κ2) is 6.73. The van der Waals surface area contributed by atoms with Gasteiger partial charge in [-0.05, 0) is 26.0 Å². The van der Waals surface area contributed by atoms with Gasteiger partial charge in [-0.25, -0.2) is 4.79 Å². The highest BCUT2D eigenvalue weighted by Crippen LogP contribution is 2.34. The highest BCUT2D eigenvalue weighted by Gasteiger charge is 2.29. The van der Waals surface area contributed by atoms with E-state index in [-0.39, 0.29) is 18.2 Å². The first-order valence-electron chi connectivity index (χ1n) is 7.81. The fourth-order valence-corrected chi connectivity index (χ4v) is 2.69. The van der Waals surface area contributed by atoms with E-state index in [2.05, 4.69) is 0 Å². The molecule has 0 amide bonds. The molecule has 0 radical (unpaired) electrons. The van der Waals surface area contributed by atoms with E-state index in [0.717, 1.165) is 5.56 Å². The number of hydrogen-bond acceptors (Lipinski definition) is 4. The summed E-state index contributed by atoms with van der Waals surface area (Å²) in [6, 6.07) is 16.8. The van der Waals surface area contributed by atoms with Gasteiger partial charge in [0, 0.05) is 12.0 Å². The largest absolute Gasteiger partial charge is 0.487 e. The van der Waals surface area contributed by atoms with Crippen molar-refractivity contribution in [2.75, 3.05) is 0 Å². The molecule has 0 N–H and O–H groups in total. The third kappa shape index (κ3) is 3.65. The Hall–Kier alpha value is -2.49. The lowest BCUT2D eigenvalue weighted by molar-refractivity contribution is -0.158. The van der Waals surface area contributed by atoms with Crippen molar-refractivity contribution in [3.63, 3.8) is 0 Å². The predicted molar refractivity (Wildman–Crippen MR) is 86.5 cm³/mol. The van der Waals surface area contributed by atoms with E-state index in [9.17, 15) is 4.79 Å². The Balaban J connectivity index is 2.00. The fraction of sp³-hybridized carbons (Fsp3) is 0.316. The van der Waals surface area contributed by atoms with Gasteiger partial charge >= 0.3 is 5.97 Å². The average molecular weight is 312 g/mol. The molecule has 4 nitrogen and oxygen atoms in total. The molecule has 1 heterocycles. The van der Waals surface area contributed by atoms with Crippen molar-refractivity contribution in [2.24, 2.45) is 0 Å². The van der Waals surface area contributed by atoms with E-state index in [1.807, 2.05) is 62.4 Å². The van der Waals surface area contributed by atoms with E-state index < -0.39 is 6.10 Å². The molecule has 0 aromatic heterocycles. The number of carbonyl (C=O) groups is 1. The van der Waals surface area contributed by atoms with Gasteiger partial charge in [0.25, 0.3) is 0 Å². The number of benzene rings is 2. The topological polar surface area (TPSA) is 44.8 Å². The van der Waals surface area contributed by atoms with E-state index in [0.29, 0.717) is 17.9 Å². The molecule has 4 heteroatoms. The molecule has 0 aliphatic carbocycles. The molecule has 1 unspecified atom stereocenters. The molecule has 120 valence electrons. The summed E-state index contributed by atoms with van der Waals surface area (Å²) in [4.78, 5) is 12.6. The van der Waals surface area contributed by atoms with Crippen LogP contribution in [0.5, 0.6) is 11.5 Å². The predicted octanol–water partition coefficient (Wildman–Crippen LogP) is 3.91. The maximum Gasteiger partial charge on any atom is 0.352 e. The van der Waals surface area contributed by atoms with Gasteiger partial charge in [0.2, 0.25) is 6.10 Å². The molecule has 3 rings (SSSR count). The number of hydrogen-bond donors (Lipinski definition) is 0. The van der Waals surface area contributed by atoms with E-state index in [1.54, 1.807) is 6.07 Å². The van der Waals surface area contributed by atoms with Crippen molar-refractivity contribution in [3.05, 3.63) is 60.2 Å². The summed E-state index contributed by atoms with van der Waals surface area (Å²) in [5.74, 6) is 0.801. The van der Waals surface area contributed by atoms with Gasteiger partial charge in [-0.15, -0.1) is 0 Å². The standard InChI is InChI=1S/C19H20O4/c1-13-12-14(2)22-19(20)18(15-8-4-3-5-9-15)23-17-11-7-6-10-16(17)21-13/h3-11,13-14,18H,12H2,1-2H3/t13-,14+,18?/m0/s1. The monoisotopic (exact) mass is 312 g/mol. The van der Waals surface area contributed by atoms with Crippen LogP contribution >= 0.6 is 0 Å². The number of cyclic esters (lactones) is 1. The Bertz CT molecular complexity index is 668. The minimum atomic E-state index is -0.809. The first-order chi connectivity index (χ1) is 11.1. The number of carbonyl (C=O) groups excluding carboxylic acids is 1. The second-order valence-corrected chi connectivity index (χ2v) is 5.77. The Morgan fingerprint density at radius 1 is 0.783 bits per heavy atom. The lowest BCUT2D eigenvalue weighted by atomic mass is 10.1. The first kappa shape index (κ1) is 15.4. The van der Waals surface area contributed by atoms with Gasteiger partial charge in [0.05, 0.1) is 6.10 Å². The fourth-order valence-electron chi connectivity index (χ4n) is 2.69. The molecule has 1 aliphatic rings. The molecule has 1 aliphatic heterocycles. The molecule has 23 heavy (non-hydrogen) atoms. The van der Waals surface area contributed by atoms with Crippen LogP contribution in [0.2, 0.25) is 0 Å². The molecule has 0 spiro atoms. The zero-order chi connectivity index (χ0) is 16.2. The van der Waals surface area contributed by atoms with Crippen LogP contribution in [0.25, 0.3) is 0 Å². The highest BCUT2D eigenvalue weighted by atomic mass is 16.6. The van der Waals surface area contributed by atoms with Crippen LogP contribution in [-0.4, -0.2) is 18.2 Å².